The molecule has 1 aromatic heterocycles. The van der Waals surface area contributed by atoms with Crippen LogP contribution in [0.1, 0.15) is 35.6 Å². The third-order valence-corrected chi connectivity index (χ3v) is 3.22. The zero-order valence-corrected chi connectivity index (χ0v) is 10.3. The van der Waals surface area contributed by atoms with E-state index in [9.17, 15) is 4.79 Å². The first-order valence-electron chi connectivity index (χ1n) is 4.90. The average molecular weight is 228 g/mol. The quantitative estimate of drug-likeness (QED) is 0.804. The van der Waals surface area contributed by atoms with Gasteiger partial charge in [0.15, 0.2) is 5.13 Å². The molecular formula is C10H16N2O2S. The average Bonchev–Trinajstić information content (AvgIpc) is 2.58. The standard InChI is InChI=1S/C10H16N2O2S/c1-5-6(2)11-10-12-7(3)8(15-10)9(13)14-4/h6H,5H2,1-4H3,(H,11,12). The van der Waals surface area contributed by atoms with Crippen LogP contribution in [0.4, 0.5) is 5.13 Å². The molecule has 1 N–H and O–H groups in total. The van der Waals surface area contributed by atoms with Gasteiger partial charge in [0.1, 0.15) is 4.88 Å². The second-order valence-electron chi connectivity index (χ2n) is 3.38. The van der Waals surface area contributed by atoms with E-state index in [-0.39, 0.29) is 5.97 Å². The van der Waals surface area contributed by atoms with Crippen molar-refractivity contribution in [2.75, 3.05) is 12.4 Å². The number of rotatable bonds is 4. The number of esters is 1. The highest BCUT2D eigenvalue weighted by Crippen LogP contribution is 2.23. The first kappa shape index (κ1) is 12.0. The number of hydrogen-bond acceptors (Lipinski definition) is 5. The lowest BCUT2D eigenvalue weighted by Gasteiger charge is -2.08. The van der Waals surface area contributed by atoms with E-state index in [1.165, 1.54) is 18.4 Å². The SMILES string of the molecule is CCC(C)Nc1nc(C)c(C(=O)OC)s1. The van der Waals surface area contributed by atoms with Crippen molar-refractivity contribution in [1.29, 1.82) is 0 Å². The van der Waals surface area contributed by atoms with E-state index < -0.39 is 0 Å². The summed E-state index contributed by atoms with van der Waals surface area (Å²) in [5.41, 5.74) is 0.720. The van der Waals surface area contributed by atoms with Crippen LogP contribution in [0.15, 0.2) is 0 Å². The van der Waals surface area contributed by atoms with Gasteiger partial charge in [-0.05, 0) is 20.3 Å². The first-order chi connectivity index (χ1) is 7.08. The van der Waals surface area contributed by atoms with Crippen LogP contribution in [0.3, 0.4) is 0 Å². The number of carbonyl (C=O) groups is 1. The Hall–Kier alpha value is -1.10. The maximum atomic E-state index is 11.3. The maximum Gasteiger partial charge on any atom is 0.350 e. The topological polar surface area (TPSA) is 51.2 Å². The monoisotopic (exact) mass is 228 g/mol. The molecule has 0 aromatic carbocycles. The van der Waals surface area contributed by atoms with Crippen LogP contribution in [0, 0.1) is 6.92 Å². The fourth-order valence-corrected chi connectivity index (χ4v) is 2.05. The molecule has 0 bridgehead atoms. The predicted octanol–water partition coefficient (Wildman–Crippen LogP) is 2.45. The Labute approximate surface area is 93.7 Å². The molecule has 1 aromatic rings. The third-order valence-electron chi connectivity index (χ3n) is 2.15. The molecule has 5 heteroatoms. The molecule has 0 amide bonds. The number of nitrogens with one attached hydrogen (secondary N) is 1. The number of anilines is 1. The van der Waals surface area contributed by atoms with Gasteiger partial charge in [-0.1, -0.05) is 18.3 Å². The minimum atomic E-state index is -0.317. The number of ether oxygens (including phenoxy) is 1. The molecular weight excluding hydrogens is 212 g/mol. The number of carbonyl (C=O) groups excluding carboxylic acids is 1. The van der Waals surface area contributed by atoms with Crippen molar-refractivity contribution >= 4 is 22.4 Å². The zero-order chi connectivity index (χ0) is 11.4. The van der Waals surface area contributed by atoms with Crippen molar-refractivity contribution in [2.24, 2.45) is 0 Å². The lowest BCUT2D eigenvalue weighted by molar-refractivity contribution is 0.0605. The minimum Gasteiger partial charge on any atom is -0.465 e. The van der Waals surface area contributed by atoms with E-state index in [1.54, 1.807) is 0 Å². The summed E-state index contributed by atoms with van der Waals surface area (Å²) in [6.45, 7) is 5.98. The summed E-state index contributed by atoms with van der Waals surface area (Å²) in [5.74, 6) is -0.317. The Bertz CT molecular complexity index is 349. The van der Waals surface area contributed by atoms with Gasteiger partial charge in [-0.25, -0.2) is 9.78 Å². The van der Waals surface area contributed by atoms with Gasteiger partial charge in [0.25, 0.3) is 0 Å². The third kappa shape index (κ3) is 2.92. The van der Waals surface area contributed by atoms with Crippen molar-refractivity contribution in [3.05, 3.63) is 10.6 Å². The van der Waals surface area contributed by atoms with Crippen LogP contribution in [0.25, 0.3) is 0 Å². The van der Waals surface area contributed by atoms with Crippen LogP contribution in [0.5, 0.6) is 0 Å². The summed E-state index contributed by atoms with van der Waals surface area (Å²) in [4.78, 5) is 16.2. The molecule has 0 spiro atoms. The molecule has 1 rings (SSSR count). The Morgan fingerprint density at radius 2 is 2.33 bits per heavy atom. The fraction of sp³-hybridized carbons (Fsp3) is 0.600. The van der Waals surface area contributed by atoms with E-state index >= 15 is 0 Å². The van der Waals surface area contributed by atoms with Crippen LogP contribution < -0.4 is 5.32 Å². The molecule has 15 heavy (non-hydrogen) atoms. The minimum absolute atomic E-state index is 0.317. The highest BCUT2D eigenvalue weighted by Gasteiger charge is 2.15. The number of aromatic nitrogens is 1. The molecule has 0 saturated carbocycles. The maximum absolute atomic E-state index is 11.3. The number of hydrogen-bond donors (Lipinski definition) is 1. The van der Waals surface area contributed by atoms with E-state index in [0.717, 1.165) is 17.2 Å². The summed E-state index contributed by atoms with van der Waals surface area (Å²) in [6, 6.07) is 0.362. The van der Waals surface area contributed by atoms with Gasteiger partial charge < -0.3 is 10.1 Å². The van der Waals surface area contributed by atoms with Crippen LogP contribution >= 0.6 is 11.3 Å². The van der Waals surface area contributed by atoms with Crippen molar-refractivity contribution in [3.63, 3.8) is 0 Å². The Morgan fingerprint density at radius 3 is 2.87 bits per heavy atom. The van der Waals surface area contributed by atoms with Crippen LogP contribution in [-0.4, -0.2) is 24.1 Å². The largest absolute Gasteiger partial charge is 0.465 e. The molecule has 0 saturated heterocycles. The number of nitrogens with zero attached hydrogens (tertiary/aromatic N) is 1. The van der Waals surface area contributed by atoms with Crippen molar-refractivity contribution in [2.45, 2.75) is 33.2 Å². The molecule has 1 atom stereocenters. The predicted molar refractivity (Wildman–Crippen MR) is 61.6 cm³/mol. The van der Waals surface area contributed by atoms with E-state index in [2.05, 4.69) is 28.9 Å². The molecule has 84 valence electrons. The molecule has 0 aliphatic heterocycles. The van der Waals surface area contributed by atoms with Gasteiger partial charge in [-0.2, -0.15) is 0 Å². The smallest absolute Gasteiger partial charge is 0.350 e. The van der Waals surface area contributed by atoms with E-state index in [4.69, 9.17) is 0 Å². The second kappa shape index (κ2) is 5.11. The lowest BCUT2D eigenvalue weighted by Crippen LogP contribution is -2.12. The molecule has 1 heterocycles. The molecule has 4 nitrogen and oxygen atoms in total. The van der Waals surface area contributed by atoms with Crippen molar-refractivity contribution in [1.82, 2.24) is 4.98 Å². The normalized spacial score (nSPS) is 12.3. The summed E-state index contributed by atoms with van der Waals surface area (Å²) >= 11 is 1.34. The van der Waals surface area contributed by atoms with E-state index in [0.29, 0.717) is 10.9 Å². The van der Waals surface area contributed by atoms with Gasteiger partial charge in [-0.15, -0.1) is 0 Å². The number of thiazole rings is 1. The van der Waals surface area contributed by atoms with Gasteiger partial charge >= 0.3 is 5.97 Å². The fourth-order valence-electron chi connectivity index (χ4n) is 1.05. The molecule has 0 aliphatic rings. The lowest BCUT2D eigenvalue weighted by atomic mass is 10.3. The first-order valence-corrected chi connectivity index (χ1v) is 5.72. The zero-order valence-electron chi connectivity index (χ0n) is 9.46. The molecule has 1 unspecified atom stereocenters. The summed E-state index contributed by atoms with van der Waals surface area (Å²) < 4.78 is 4.67. The number of methoxy groups -OCH3 is 1. The number of aryl methyl sites for hydroxylation is 1. The molecule has 0 radical (unpaired) electrons. The summed E-state index contributed by atoms with van der Waals surface area (Å²) in [6.07, 6.45) is 1.02. The van der Waals surface area contributed by atoms with Crippen molar-refractivity contribution < 1.29 is 9.53 Å². The highest BCUT2D eigenvalue weighted by atomic mass is 32.1. The highest BCUT2D eigenvalue weighted by molar-refractivity contribution is 7.17. The second-order valence-corrected chi connectivity index (χ2v) is 4.38. The summed E-state index contributed by atoms with van der Waals surface area (Å²) in [5, 5.41) is 4.01. The van der Waals surface area contributed by atoms with Crippen LogP contribution in [-0.2, 0) is 4.74 Å². The Balaban J connectivity index is 2.81. The Kier molecular flexibility index (Phi) is 4.08. The summed E-state index contributed by atoms with van der Waals surface area (Å²) in [7, 11) is 1.38. The van der Waals surface area contributed by atoms with Gasteiger partial charge in [-0.3, -0.25) is 0 Å². The van der Waals surface area contributed by atoms with Gasteiger partial charge in [0, 0.05) is 6.04 Å². The molecule has 0 fully saturated rings. The van der Waals surface area contributed by atoms with Crippen LogP contribution in [0.2, 0.25) is 0 Å². The van der Waals surface area contributed by atoms with Gasteiger partial charge in [0.2, 0.25) is 0 Å². The molecule has 0 aliphatic carbocycles. The van der Waals surface area contributed by atoms with Crippen molar-refractivity contribution in [3.8, 4) is 0 Å². The Morgan fingerprint density at radius 1 is 1.67 bits per heavy atom. The van der Waals surface area contributed by atoms with E-state index in [1.807, 2.05) is 6.92 Å². The van der Waals surface area contributed by atoms with Gasteiger partial charge in [0.05, 0.1) is 12.8 Å².